The minimum Gasteiger partial charge on any atom is -0.485 e. The van der Waals surface area contributed by atoms with Gasteiger partial charge in [0.05, 0.1) is 12.1 Å². The van der Waals surface area contributed by atoms with E-state index in [1.54, 1.807) is 26.1 Å². The number of fused-ring (bicyclic) bond motifs is 1. The van der Waals surface area contributed by atoms with Gasteiger partial charge < -0.3 is 9.64 Å². The van der Waals surface area contributed by atoms with E-state index in [1.807, 2.05) is 0 Å². The van der Waals surface area contributed by atoms with Crippen molar-refractivity contribution in [3.63, 3.8) is 0 Å². The van der Waals surface area contributed by atoms with E-state index in [-0.39, 0.29) is 24.2 Å². The van der Waals surface area contributed by atoms with E-state index in [1.165, 1.54) is 11.0 Å². The average Bonchev–Trinajstić information content (AvgIpc) is 2.29. The van der Waals surface area contributed by atoms with Crippen molar-refractivity contribution in [2.75, 3.05) is 11.9 Å². The van der Waals surface area contributed by atoms with Crippen LogP contribution in [0.25, 0.3) is 0 Å². The quantitative estimate of drug-likeness (QED) is 0.653. The number of benzene rings is 1. The molecule has 1 aliphatic rings. The third-order valence-electron chi connectivity index (χ3n) is 2.46. The summed E-state index contributed by atoms with van der Waals surface area (Å²) in [5.74, 6) is -0.328. The molecule has 1 aliphatic heterocycles. The molecule has 0 spiro atoms. The van der Waals surface area contributed by atoms with Gasteiger partial charge in [0, 0.05) is 7.05 Å². The molecule has 0 saturated carbocycles. The summed E-state index contributed by atoms with van der Waals surface area (Å²) >= 11 is 0. The molecule has 4 heteroatoms. The second-order valence-corrected chi connectivity index (χ2v) is 3.67. The first kappa shape index (κ1) is 9.96. The Morgan fingerprint density at radius 1 is 1.53 bits per heavy atom. The molecule has 0 aliphatic carbocycles. The van der Waals surface area contributed by atoms with Crippen molar-refractivity contribution in [3.05, 3.63) is 24.0 Å². The van der Waals surface area contributed by atoms with Gasteiger partial charge in [0.1, 0.15) is 6.10 Å². The molecule has 3 nitrogen and oxygen atoms in total. The van der Waals surface area contributed by atoms with Crippen LogP contribution in [0.15, 0.2) is 18.2 Å². The molecule has 1 aromatic carbocycles. The summed E-state index contributed by atoms with van der Waals surface area (Å²) in [6, 6.07) is 4.57. The SMILES string of the molecule is CC1CC(=O)N(C)c2cccc(F)c2O1. The van der Waals surface area contributed by atoms with Crippen LogP contribution in [-0.2, 0) is 4.79 Å². The van der Waals surface area contributed by atoms with Crippen LogP contribution < -0.4 is 9.64 Å². The van der Waals surface area contributed by atoms with Gasteiger partial charge in [-0.05, 0) is 19.1 Å². The van der Waals surface area contributed by atoms with Crippen molar-refractivity contribution in [2.24, 2.45) is 0 Å². The van der Waals surface area contributed by atoms with Crippen molar-refractivity contribution >= 4 is 11.6 Å². The maximum absolute atomic E-state index is 13.5. The van der Waals surface area contributed by atoms with Gasteiger partial charge in [-0.15, -0.1) is 0 Å². The minimum absolute atomic E-state index is 0.0631. The third-order valence-corrected chi connectivity index (χ3v) is 2.46. The molecule has 1 atom stereocenters. The summed E-state index contributed by atoms with van der Waals surface area (Å²) in [4.78, 5) is 13.1. The van der Waals surface area contributed by atoms with Gasteiger partial charge in [0.15, 0.2) is 11.6 Å². The highest BCUT2D eigenvalue weighted by Crippen LogP contribution is 2.34. The normalized spacial score (nSPS) is 20.6. The molecule has 80 valence electrons. The molecule has 1 heterocycles. The number of hydrogen-bond acceptors (Lipinski definition) is 2. The summed E-state index contributed by atoms with van der Waals surface area (Å²) in [6.45, 7) is 1.76. The molecule has 1 amide bonds. The van der Waals surface area contributed by atoms with Gasteiger partial charge >= 0.3 is 0 Å². The molecule has 0 saturated heterocycles. The van der Waals surface area contributed by atoms with Crippen molar-refractivity contribution in [1.82, 2.24) is 0 Å². The first-order chi connectivity index (χ1) is 7.09. The summed E-state index contributed by atoms with van der Waals surface area (Å²) in [5.41, 5.74) is 0.490. The monoisotopic (exact) mass is 209 g/mol. The molecule has 0 fully saturated rings. The number of amides is 1. The number of para-hydroxylation sites is 1. The largest absolute Gasteiger partial charge is 0.485 e. The number of nitrogens with zero attached hydrogens (tertiary/aromatic N) is 1. The summed E-state index contributed by atoms with van der Waals surface area (Å²) in [6.07, 6.45) is -0.0250. The van der Waals surface area contributed by atoms with Crippen LogP contribution in [0.3, 0.4) is 0 Å². The number of hydrogen-bond donors (Lipinski definition) is 0. The standard InChI is InChI=1S/C11H12FNO2/c1-7-6-10(14)13(2)9-5-3-4-8(12)11(9)15-7/h3-5,7H,6H2,1-2H3. The average molecular weight is 209 g/mol. The zero-order valence-electron chi connectivity index (χ0n) is 8.66. The lowest BCUT2D eigenvalue weighted by Crippen LogP contribution is -2.27. The Bertz CT molecular complexity index is 406. The Morgan fingerprint density at radius 2 is 2.27 bits per heavy atom. The summed E-state index contributed by atoms with van der Waals surface area (Å²) in [5, 5.41) is 0. The number of carbonyl (C=O) groups excluding carboxylic acids is 1. The topological polar surface area (TPSA) is 29.5 Å². The van der Waals surface area contributed by atoms with E-state index in [2.05, 4.69) is 0 Å². The highest BCUT2D eigenvalue weighted by Gasteiger charge is 2.25. The molecule has 0 N–H and O–H groups in total. The van der Waals surface area contributed by atoms with Gasteiger partial charge in [-0.1, -0.05) is 6.07 Å². The van der Waals surface area contributed by atoms with E-state index < -0.39 is 5.82 Å². The Kier molecular flexibility index (Phi) is 2.34. The van der Waals surface area contributed by atoms with Gasteiger partial charge in [0.25, 0.3) is 0 Å². The number of anilines is 1. The predicted octanol–water partition coefficient (Wildman–Crippen LogP) is 1.96. The lowest BCUT2D eigenvalue weighted by atomic mass is 10.2. The highest BCUT2D eigenvalue weighted by molar-refractivity contribution is 5.95. The second-order valence-electron chi connectivity index (χ2n) is 3.67. The van der Waals surface area contributed by atoms with E-state index in [9.17, 15) is 9.18 Å². The molecule has 1 aromatic rings. The van der Waals surface area contributed by atoms with Crippen LogP contribution in [0.2, 0.25) is 0 Å². The van der Waals surface area contributed by atoms with Gasteiger partial charge in [-0.3, -0.25) is 4.79 Å². The van der Waals surface area contributed by atoms with Gasteiger partial charge in [-0.25, -0.2) is 4.39 Å². The maximum atomic E-state index is 13.5. The Balaban J connectivity index is 2.54. The van der Waals surface area contributed by atoms with Crippen LogP contribution in [-0.4, -0.2) is 19.1 Å². The Morgan fingerprint density at radius 3 is 3.00 bits per heavy atom. The fourth-order valence-electron chi connectivity index (χ4n) is 1.64. The van der Waals surface area contributed by atoms with Crippen molar-refractivity contribution in [1.29, 1.82) is 0 Å². The first-order valence-corrected chi connectivity index (χ1v) is 4.81. The summed E-state index contributed by atoms with van der Waals surface area (Å²) < 4.78 is 18.9. The molecule has 0 bridgehead atoms. The van der Waals surface area contributed by atoms with Crippen LogP contribution >= 0.6 is 0 Å². The lowest BCUT2D eigenvalue weighted by molar-refractivity contribution is -0.119. The summed E-state index contributed by atoms with van der Waals surface area (Å²) in [7, 11) is 1.63. The van der Waals surface area contributed by atoms with Crippen molar-refractivity contribution in [2.45, 2.75) is 19.4 Å². The van der Waals surface area contributed by atoms with Gasteiger partial charge in [0.2, 0.25) is 5.91 Å². The number of ether oxygens (including phenoxy) is 1. The van der Waals surface area contributed by atoms with E-state index in [0.717, 1.165) is 0 Å². The smallest absolute Gasteiger partial charge is 0.230 e. The third kappa shape index (κ3) is 1.67. The Hall–Kier alpha value is -1.58. The lowest BCUT2D eigenvalue weighted by Gasteiger charge is -2.16. The first-order valence-electron chi connectivity index (χ1n) is 4.81. The fourth-order valence-corrected chi connectivity index (χ4v) is 1.64. The molecule has 0 radical (unpaired) electrons. The second kappa shape index (κ2) is 3.53. The van der Waals surface area contributed by atoms with E-state index in [0.29, 0.717) is 5.69 Å². The van der Waals surface area contributed by atoms with E-state index >= 15 is 0 Å². The molecule has 2 rings (SSSR count). The van der Waals surface area contributed by atoms with Crippen molar-refractivity contribution in [3.8, 4) is 5.75 Å². The number of halogens is 1. The van der Waals surface area contributed by atoms with Crippen molar-refractivity contribution < 1.29 is 13.9 Å². The molecular formula is C11H12FNO2. The van der Waals surface area contributed by atoms with E-state index in [4.69, 9.17) is 4.74 Å². The predicted molar refractivity (Wildman–Crippen MR) is 54.5 cm³/mol. The zero-order chi connectivity index (χ0) is 11.0. The molecule has 15 heavy (non-hydrogen) atoms. The number of rotatable bonds is 0. The maximum Gasteiger partial charge on any atom is 0.230 e. The van der Waals surface area contributed by atoms with Crippen LogP contribution in [0.4, 0.5) is 10.1 Å². The zero-order valence-corrected chi connectivity index (χ0v) is 8.66. The van der Waals surface area contributed by atoms with Crippen LogP contribution in [0.5, 0.6) is 5.75 Å². The fraction of sp³-hybridized carbons (Fsp3) is 0.364. The van der Waals surface area contributed by atoms with Gasteiger partial charge in [-0.2, -0.15) is 0 Å². The minimum atomic E-state index is -0.430. The highest BCUT2D eigenvalue weighted by atomic mass is 19.1. The van der Waals surface area contributed by atoms with Crippen LogP contribution in [0, 0.1) is 5.82 Å². The molecule has 0 aromatic heterocycles. The van der Waals surface area contributed by atoms with Crippen LogP contribution in [0.1, 0.15) is 13.3 Å². The molecular weight excluding hydrogens is 197 g/mol. The Labute approximate surface area is 87.5 Å². The number of carbonyl (C=O) groups is 1. The molecule has 1 unspecified atom stereocenters.